The highest BCUT2D eigenvalue weighted by Crippen LogP contribution is 2.45. The lowest BCUT2D eigenvalue weighted by molar-refractivity contribution is -0.120. The Kier molecular flexibility index (Phi) is 5.41. The van der Waals surface area contributed by atoms with Crippen molar-refractivity contribution in [3.8, 4) is 0 Å². The maximum atomic E-state index is 14.1. The van der Waals surface area contributed by atoms with Crippen LogP contribution in [-0.4, -0.2) is 40.3 Å². The Labute approximate surface area is 214 Å². The van der Waals surface area contributed by atoms with E-state index in [-0.39, 0.29) is 29.6 Å². The van der Waals surface area contributed by atoms with E-state index in [0.29, 0.717) is 6.42 Å². The molecule has 3 heterocycles. The Balaban J connectivity index is 1.51. The second-order valence-electron chi connectivity index (χ2n) is 9.42. The number of aryl methyl sites for hydroxylation is 1. The van der Waals surface area contributed by atoms with Crippen LogP contribution in [0.2, 0.25) is 0 Å². The Morgan fingerprint density at radius 2 is 1.78 bits per heavy atom. The summed E-state index contributed by atoms with van der Waals surface area (Å²) in [5, 5.41) is 3.81. The van der Waals surface area contributed by atoms with Crippen molar-refractivity contribution in [3.05, 3.63) is 113 Å². The molecule has 7 heteroatoms. The van der Waals surface area contributed by atoms with Crippen molar-refractivity contribution < 1.29 is 14.4 Å². The molecule has 0 aliphatic carbocycles. The maximum absolute atomic E-state index is 14.1. The Morgan fingerprint density at radius 3 is 2.59 bits per heavy atom. The molecule has 1 aromatic heterocycles. The van der Waals surface area contributed by atoms with Gasteiger partial charge in [0.1, 0.15) is 12.1 Å². The summed E-state index contributed by atoms with van der Waals surface area (Å²) in [6.07, 6.45) is 1.98. The van der Waals surface area contributed by atoms with Crippen molar-refractivity contribution in [1.82, 2.24) is 15.2 Å². The number of aromatic amines is 1. The third kappa shape index (κ3) is 3.46. The molecule has 1 fully saturated rings. The number of hydrogen-bond donors (Lipinski definition) is 2. The van der Waals surface area contributed by atoms with Gasteiger partial charge in [0.05, 0.1) is 11.3 Å². The van der Waals surface area contributed by atoms with E-state index in [4.69, 9.17) is 0 Å². The molecule has 2 aliphatic heterocycles. The fraction of sp³-hybridized carbons (Fsp3) is 0.167. The van der Waals surface area contributed by atoms with Gasteiger partial charge in [0.15, 0.2) is 0 Å². The van der Waals surface area contributed by atoms with Gasteiger partial charge in [0, 0.05) is 29.6 Å². The quantitative estimate of drug-likeness (QED) is 0.309. The van der Waals surface area contributed by atoms with Gasteiger partial charge >= 0.3 is 6.03 Å². The summed E-state index contributed by atoms with van der Waals surface area (Å²) in [5.41, 5.74) is 5.48. The Morgan fingerprint density at radius 1 is 1.05 bits per heavy atom. The first-order chi connectivity index (χ1) is 18.0. The second-order valence-corrected chi connectivity index (χ2v) is 9.42. The number of amides is 4. The van der Waals surface area contributed by atoms with Crippen LogP contribution in [0.1, 0.15) is 38.8 Å². The number of urea groups is 1. The number of nitrogens with one attached hydrogen (secondary N) is 2. The molecular weight excluding hydrogens is 464 g/mol. The van der Waals surface area contributed by atoms with E-state index in [1.807, 2.05) is 55.5 Å². The van der Waals surface area contributed by atoms with Gasteiger partial charge < -0.3 is 10.3 Å². The fourth-order valence-corrected chi connectivity index (χ4v) is 5.64. The van der Waals surface area contributed by atoms with Crippen LogP contribution in [0.25, 0.3) is 10.9 Å². The molecule has 184 valence electrons. The molecule has 2 atom stereocenters. The Bertz CT molecular complexity index is 1590. The van der Waals surface area contributed by atoms with Gasteiger partial charge in [-0.3, -0.25) is 14.5 Å². The number of H-pyrrole nitrogens is 1. The van der Waals surface area contributed by atoms with Gasteiger partial charge in [0.2, 0.25) is 0 Å². The van der Waals surface area contributed by atoms with Crippen molar-refractivity contribution >= 4 is 34.4 Å². The lowest BCUT2D eigenvalue weighted by atomic mass is 9.87. The number of hydrogen-bond acceptors (Lipinski definition) is 3. The predicted octanol–water partition coefficient (Wildman–Crippen LogP) is 4.88. The third-order valence-corrected chi connectivity index (χ3v) is 7.33. The standard InChI is InChI=1S/C30H26N4O3/c1-3-16-31-28(35)21-13-7-9-15-24(21)34-29(36)25-17-22-20-12-6-8-14-23(20)32-26(22)27(33(25)30(34)37)19-11-5-4-10-18(19)2/h3-15,25,27,32H,1,16-17H2,2H3,(H,31,35). The predicted molar refractivity (Wildman–Crippen MR) is 143 cm³/mol. The van der Waals surface area contributed by atoms with Gasteiger partial charge in [-0.15, -0.1) is 6.58 Å². The van der Waals surface area contributed by atoms with Gasteiger partial charge in [-0.1, -0.05) is 60.7 Å². The fourth-order valence-electron chi connectivity index (χ4n) is 5.64. The zero-order chi connectivity index (χ0) is 25.7. The molecule has 4 amide bonds. The first-order valence-corrected chi connectivity index (χ1v) is 12.3. The van der Waals surface area contributed by atoms with Gasteiger partial charge in [-0.25, -0.2) is 9.69 Å². The highest BCUT2D eigenvalue weighted by molar-refractivity contribution is 6.24. The van der Waals surface area contributed by atoms with E-state index in [9.17, 15) is 14.4 Å². The number of aromatic nitrogens is 1. The minimum atomic E-state index is -0.687. The molecule has 2 N–H and O–H groups in total. The minimum absolute atomic E-state index is 0.266. The molecule has 1 saturated heterocycles. The molecule has 7 nitrogen and oxygen atoms in total. The van der Waals surface area contributed by atoms with E-state index in [0.717, 1.165) is 33.3 Å². The molecule has 37 heavy (non-hydrogen) atoms. The Hall–Kier alpha value is -4.65. The highest BCUT2D eigenvalue weighted by atomic mass is 16.2. The molecule has 4 aromatic rings. The SMILES string of the molecule is C=CCNC(=O)c1ccccc1N1C(=O)C2Cc3c([nH]c4ccccc34)C(c3ccccc3C)N2C1=O. The molecule has 3 aromatic carbocycles. The van der Waals surface area contributed by atoms with Crippen molar-refractivity contribution in [2.24, 2.45) is 0 Å². The van der Waals surface area contributed by atoms with Crippen LogP contribution in [0.3, 0.4) is 0 Å². The lowest BCUT2D eigenvalue weighted by Gasteiger charge is -2.36. The van der Waals surface area contributed by atoms with Crippen LogP contribution >= 0.6 is 0 Å². The molecule has 0 bridgehead atoms. The van der Waals surface area contributed by atoms with Crippen molar-refractivity contribution in [2.75, 3.05) is 11.4 Å². The van der Waals surface area contributed by atoms with E-state index in [2.05, 4.69) is 16.9 Å². The number of nitrogens with zero attached hydrogens (tertiary/aromatic N) is 2. The van der Waals surface area contributed by atoms with Gasteiger partial charge in [-0.05, 0) is 41.8 Å². The number of fused-ring (bicyclic) bond motifs is 4. The monoisotopic (exact) mass is 490 g/mol. The maximum Gasteiger partial charge on any atom is 0.332 e. The van der Waals surface area contributed by atoms with E-state index in [1.54, 1.807) is 35.2 Å². The summed E-state index contributed by atoms with van der Waals surface area (Å²) in [6, 6.07) is 21.1. The normalized spacial score (nSPS) is 18.6. The first-order valence-electron chi connectivity index (χ1n) is 12.3. The summed E-state index contributed by atoms with van der Waals surface area (Å²) >= 11 is 0. The average Bonchev–Trinajstić information content (AvgIpc) is 3.41. The van der Waals surface area contributed by atoms with Crippen LogP contribution in [0, 0.1) is 6.92 Å². The molecule has 2 aliphatic rings. The zero-order valence-corrected chi connectivity index (χ0v) is 20.4. The topological polar surface area (TPSA) is 85.5 Å². The molecule has 0 spiro atoms. The summed E-state index contributed by atoms with van der Waals surface area (Å²) in [4.78, 5) is 47.4. The van der Waals surface area contributed by atoms with E-state index < -0.39 is 18.1 Å². The van der Waals surface area contributed by atoms with Gasteiger partial charge in [-0.2, -0.15) is 0 Å². The van der Waals surface area contributed by atoms with Gasteiger partial charge in [0.25, 0.3) is 11.8 Å². The number of imide groups is 1. The van der Waals surface area contributed by atoms with Crippen molar-refractivity contribution in [3.63, 3.8) is 0 Å². The second kappa shape index (κ2) is 8.78. The molecule has 2 unspecified atom stereocenters. The third-order valence-electron chi connectivity index (χ3n) is 7.33. The molecule has 6 rings (SSSR count). The number of benzene rings is 3. The summed E-state index contributed by atoms with van der Waals surface area (Å²) < 4.78 is 0. The number of carbonyl (C=O) groups is 3. The smallest absolute Gasteiger partial charge is 0.332 e. The van der Waals surface area contributed by atoms with Crippen LogP contribution in [-0.2, 0) is 11.2 Å². The number of anilines is 1. The number of para-hydroxylation sites is 2. The van der Waals surface area contributed by atoms with Crippen LogP contribution in [0.15, 0.2) is 85.5 Å². The van der Waals surface area contributed by atoms with Crippen LogP contribution < -0.4 is 10.2 Å². The first kappa shape index (κ1) is 22.8. The van der Waals surface area contributed by atoms with Crippen molar-refractivity contribution in [2.45, 2.75) is 25.4 Å². The number of rotatable bonds is 5. The summed E-state index contributed by atoms with van der Waals surface area (Å²) in [6.45, 7) is 5.93. The van der Waals surface area contributed by atoms with Crippen molar-refractivity contribution in [1.29, 1.82) is 0 Å². The molecular formula is C30H26N4O3. The highest BCUT2D eigenvalue weighted by Gasteiger charge is 2.53. The van der Waals surface area contributed by atoms with Crippen LogP contribution in [0.4, 0.5) is 10.5 Å². The summed E-state index contributed by atoms with van der Waals surface area (Å²) in [5.74, 6) is -0.698. The zero-order valence-electron chi connectivity index (χ0n) is 20.4. The van der Waals surface area contributed by atoms with E-state index >= 15 is 0 Å². The minimum Gasteiger partial charge on any atom is -0.356 e. The van der Waals surface area contributed by atoms with E-state index in [1.165, 1.54) is 4.90 Å². The summed E-state index contributed by atoms with van der Waals surface area (Å²) in [7, 11) is 0. The average molecular weight is 491 g/mol. The largest absolute Gasteiger partial charge is 0.356 e. The lowest BCUT2D eigenvalue weighted by Crippen LogP contribution is -2.44. The molecule has 0 radical (unpaired) electrons. The number of carbonyl (C=O) groups excluding carboxylic acids is 3. The van der Waals surface area contributed by atoms with Crippen LogP contribution in [0.5, 0.6) is 0 Å². The molecule has 0 saturated carbocycles.